The van der Waals surface area contributed by atoms with Crippen LogP contribution < -0.4 is 4.90 Å². The molecule has 1 heterocycles. The smallest absolute Gasteiger partial charge is 0.0859 e. The van der Waals surface area contributed by atoms with Crippen molar-refractivity contribution < 1.29 is 0 Å². The van der Waals surface area contributed by atoms with Crippen LogP contribution in [0.25, 0.3) is 49.7 Å². The summed E-state index contributed by atoms with van der Waals surface area (Å²) in [7, 11) is 0. The van der Waals surface area contributed by atoms with Gasteiger partial charge < -0.3 is 4.90 Å². The number of hydrogen-bond donors (Lipinski definition) is 0. The van der Waals surface area contributed by atoms with Crippen molar-refractivity contribution in [2.75, 3.05) is 4.90 Å². The van der Waals surface area contributed by atoms with E-state index in [1.54, 1.807) is 6.08 Å². The van der Waals surface area contributed by atoms with Crippen molar-refractivity contribution in [3.8, 4) is 33.4 Å². The summed E-state index contributed by atoms with van der Waals surface area (Å²) >= 11 is 0. The number of aliphatic imine (C=N–C) groups is 1. The Morgan fingerprint density at radius 3 is 2.00 bits per heavy atom. The van der Waals surface area contributed by atoms with E-state index in [1.165, 1.54) is 55.4 Å². The maximum atomic E-state index is 4.38. The average molecular weight is 565 g/mol. The van der Waals surface area contributed by atoms with Crippen LogP contribution >= 0.6 is 0 Å². The third-order valence-electron chi connectivity index (χ3n) is 8.57. The van der Waals surface area contributed by atoms with Gasteiger partial charge in [-0.2, -0.15) is 0 Å². The van der Waals surface area contributed by atoms with E-state index in [0.29, 0.717) is 0 Å². The van der Waals surface area contributed by atoms with E-state index >= 15 is 0 Å². The first-order chi connectivity index (χ1) is 21.7. The number of benzene rings is 6. The number of allylic oxidation sites excluding steroid dienone is 4. The second-order valence-electron chi connectivity index (χ2n) is 11.0. The Bertz CT molecular complexity index is 2080. The molecule has 44 heavy (non-hydrogen) atoms. The van der Waals surface area contributed by atoms with Gasteiger partial charge in [0.25, 0.3) is 0 Å². The minimum Gasteiger partial charge on any atom is -0.335 e. The highest BCUT2D eigenvalue weighted by atomic mass is 15.2. The SMILES string of the molecule is C=C/C=C(\C=C)c1ccc(-c2ccc(-c3ccc4c(c3)N(c3ccccc3N=C)Cc3c-4ccc4ccccc34)cc2)cc1. The molecule has 1 aliphatic heterocycles. The molecule has 0 saturated heterocycles. The summed E-state index contributed by atoms with van der Waals surface area (Å²) in [5, 5.41) is 2.54. The fourth-order valence-electron chi connectivity index (χ4n) is 6.32. The Labute approximate surface area is 259 Å². The zero-order valence-corrected chi connectivity index (χ0v) is 24.6. The molecule has 0 N–H and O–H groups in total. The van der Waals surface area contributed by atoms with Crippen molar-refractivity contribution in [3.63, 3.8) is 0 Å². The molecule has 6 aromatic rings. The van der Waals surface area contributed by atoms with E-state index in [9.17, 15) is 0 Å². The number of fused-ring (bicyclic) bond motifs is 5. The number of rotatable bonds is 7. The first kappa shape index (κ1) is 27.1. The van der Waals surface area contributed by atoms with E-state index in [2.05, 4.69) is 145 Å². The zero-order valence-electron chi connectivity index (χ0n) is 24.6. The molecule has 2 nitrogen and oxygen atoms in total. The van der Waals surface area contributed by atoms with Gasteiger partial charge in [0, 0.05) is 12.1 Å². The van der Waals surface area contributed by atoms with Gasteiger partial charge in [0.1, 0.15) is 0 Å². The van der Waals surface area contributed by atoms with E-state index in [4.69, 9.17) is 0 Å². The Kier molecular flexibility index (Phi) is 7.09. The lowest BCUT2D eigenvalue weighted by Crippen LogP contribution is -2.22. The van der Waals surface area contributed by atoms with Gasteiger partial charge in [0.2, 0.25) is 0 Å². The van der Waals surface area contributed by atoms with Crippen LogP contribution in [0.4, 0.5) is 17.1 Å². The fraction of sp³-hybridized carbons (Fsp3) is 0.0238. The minimum absolute atomic E-state index is 0.754. The molecule has 0 aliphatic carbocycles. The molecule has 0 saturated carbocycles. The predicted octanol–water partition coefficient (Wildman–Crippen LogP) is 11.6. The van der Waals surface area contributed by atoms with Crippen LogP contribution in [0.2, 0.25) is 0 Å². The molecule has 0 fully saturated rings. The highest BCUT2D eigenvalue weighted by Gasteiger charge is 2.26. The predicted molar refractivity (Wildman–Crippen MR) is 190 cm³/mol. The van der Waals surface area contributed by atoms with Crippen molar-refractivity contribution in [3.05, 3.63) is 170 Å². The molecule has 7 rings (SSSR count). The van der Waals surface area contributed by atoms with Gasteiger partial charge in [-0.05, 0) is 80.2 Å². The Hall–Kier alpha value is -5.73. The van der Waals surface area contributed by atoms with Crippen molar-refractivity contribution in [1.29, 1.82) is 0 Å². The van der Waals surface area contributed by atoms with Crippen LogP contribution in [0.5, 0.6) is 0 Å². The van der Waals surface area contributed by atoms with Gasteiger partial charge in [-0.15, -0.1) is 0 Å². The van der Waals surface area contributed by atoms with Gasteiger partial charge >= 0.3 is 0 Å². The normalized spacial score (nSPS) is 12.4. The molecule has 6 aromatic carbocycles. The lowest BCUT2D eigenvalue weighted by Gasteiger charge is -2.34. The van der Waals surface area contributed by atoms with Crippen LogP contribution in [-0.2, 0) is 6.54 Å². The molecule has 0 atom stereocenters. The van der Waals surface area contributed by atoms with Gasteiger partial charge in [0.05, 0.1) is 17.1 Å². The summed E-state index contributed by atoms with van der Waals surface area (Å²) < 4.78 is 0. The topological polar surface area (TPSA) is 15.6 Å². The van der Waals surface area contributed by atoms with Crippen molar-refractivity contribution in [1.82, 2.24) is 0 Å². The maximum absolute atomic E-state index is 4.38. The first-order valence-electron chi connectivity index (χ1n) is 14.8. The third kappa shape index (κ3) is 4.77. The maximum Gasteiger partial charge on any atom is 0.0859 e. The molecule has 0 spiro atoms. The van der Waals surface area contributed by atoms with Crippen LogP contribution in [0.1, 0.15) is 11.1 Å². The lowest BCUT2D eigenvalue weighted by atomic mass is 9.87. The molecule has 0 amide bonds. The van der Waals surface area contributed by atoms with Gasteiger partial charge in [0.15, 0.2) is 0 Å². The van der Waals surface area contributed by atoms with Crippen LogP contribution in [-0.4, -0.2) is 6.72 Å². The second-order valence-corrected chi connectivity index (χ2v) is 11.0. The zero-order chi connectivity index (χ0) is 30.0. The third-order valence-corrected chi connectivity index (χ3v) is 8.57. The largest absolute Gasteiger partial charge is 0.335 e. The highest BCUT2D eigenvalue weighted by Crippen LogP contribution is 2.48. The molecule has 0 aromatic heterocycles. The van der Waals surface area contributed by atoms with Crippen LogP contribution in [0, 0.1) is 0 Å². The fourth-order valence-corrected chi connectivity index (χ4v) is 6.32. The summed E-state index contributed by atoms with van der Waals surface area (Å²) in [6.07, 6.45) is 5.63. The standard InChI is InChI=1S/C42H32N2/c1-4-10-29(5-2)30-15-17-31(18-16-30)32-19-21-33(22-20-32)35-24-26-38-37-25-23-34-11-6-7-12-36(34)39(37)28-44(42(38)27-35)41-14-9-8-13-40(41)43-3/h4-27H,1-3,28H2/b29-10+. The molecular weight excluding hydrogens is 532 g/mol. The first-order valence-corrected chi connectivity index (χ1v) is 14.8. The second kappa shape index (κ2) is 11.5. The van der Waals surface area contributed by atoms with E-state index < -0.39 is 0 Å². The van der Waals surface area contributed by atoms with Crippen LogP contribution in [0.3, 0.4) is 0 Å². The molecule has 1 aliphatic rings. The molecule has 0 radical (unpaired) electrons. The monoisotopic (exact) mass is 564 g/mol. The molecule has 2 heteroatoms. The van der Waals surface area contributed by atoms with Crippen molar-refractivity contribution in [2.45, 2.75) is 6.54 Å². The summed E-state index contributed by atoms with van der Waals surface area (Å²) in [6.45, 7) is 12.4. The summed E-state index contributed by atoms with van der Waals surface area (Å²) in [5.41, 5.74) is 13.8. The molecule has 0 bridgehead atoms. The van der Waals surface area contributed by atoms with E-state index in [0.717, 1.165) is 29.1 Å². The lowest BCUT2D eigenvalue weighted by molar-refractivity contribution is 0.970. The summed E-state index contributed by atoms with van der Waals surface area (Å²) in [5.74, 6) is 0. The van der Waals surface area contributed by atoms with Crippen LogP contribution in [0.15, 0.2) is 164 Å². The molecule has 210 valence electrons. The Morgan fingerprint density at radius 1 is 0.636 bits per heavy atom. The summed E-state index contributed by atoms with van der Waals surface area (Å²) in [6, 6.07) is 45.7. The van der Waals surface area contributed by atoms with Gasteiger partial charge in [-0.25, -0.2) is 0 Å². The average Bonchev–Trinajstić information content (AvgIpc) is 3.10. The van der Waals surface area contributed by atoms with Crippen molar-refractivity contribution >= 4 is 40.1 Å². The van der Waals surface area contributed by atoms with Gasteiger partial charge in [-0.1, -0.05) is 141 Å². The number of nitrogens with zero attached hydrogens (tertiary/aromatic N) is 2. The summed E-state index contributed by atoms with van der Waals surface area (Å²) in [4.78, 5) is 6.78. The number of para-hydroxylation sites is 2. The number of anilines is 2. The Morgan fingerprint density at radius 2 is 1.27 bits per heavy atom. The van der Waals surface area contributed by atoms with E-state index in [-0.39, 0.29) is 0 Å². The number of hydrogen-bond acceptors (Lipinski definition) is 2. The Balaban J connectivity index is 1.29. The quantitative estimate of drug-likeness (QED) is 0.139. The molecular formula is C42H32N2. The van der Waals surface area contributed by atoms with Gasteiger partial charge in [-0.3, -0.25) is 4.99 Å². The highest BCUT2D eigenvalue weighted by molar-refractivity contribution is 5.99. The van der Waals surface area contributed by atoms with Crippen molar-refractivity contribution in [2.24, 2.45) is 4.99 Å². The minimum atomic E-state index is 0.754. The molecule has 0 unspecified atom stereocenters. The van der Waals surface area contributed by atoms with E-state index in [1.807, 2.05) is 24.3 Å².